The number of hydrogen-bond donors (Lipinski definition) is 2. The lowest BCUT2D eigenvalue weighted by molar-refractivity contribution is -0.212. The van der Waals surface area contributed by atoms with Crippen molar-refractivity contribution in [3.63, 3.8) is 0 Å². The molecule has 240 valence electrons. The van der Waals surface area contributed by atoms with E-state index in [2.05, 4.69) is 50.3 Å². The molecule has 1 spiro atoms. The highest BCUT2D eigenvalue weighted by Crippen LogP contribution is 2.84. The number of amides is 2. The average Bonchev–Trinajstić information content (AvgIpc) is 3.18. The molecule has 0 radical (unpaired) electrons. The molecular formula is C36H57N3O4. The molecule has 43 heavy (non-hydrogen) atoms. The number of nitrogens with zero attached hydrogens (tertiary/aromatic N) is 1. The molecular weight excluding hydrogens is 538 g/mol. The second-order valence-electron chi connectivity index (χ2n) is 17.6. The van der Waals surface area contributed by atoms with Crippen LogP contribution in [0.25, 0.3) is 0 Å². The Hall–Kier alpha value is -1.18. The summed E-state index contributed by atoms with van der Waals surface area (Å²) in [6.45, 7) is 13.0. The Morgan fingerprint density at radius 3 is 2.33 bits per heavy atom. The molecule has 0 bridgehead atoms. The first kappa shape index (κ1) is 29.2. The smallest absolute Gasteiger partial charge is 0.229 e. The highest BCUT2D eigenvalue weighted by atomic mass is 16.7. The van der Waals surface area contributed by atoms with Crippen molar-refractivity contribution >= 4 is 11.8 Å². The van der Waals surface area contributed by atoms with Crippen molar-refractivity contribution in [3.05, 3.63) is 0 Å². The van der Waals surface area contributed by atoms with Crippen molar-refractivity contribution < 1.29 is 19.1 Å². The van der Waals surface area contributed by atoms with Crippen LogP contribution in [0.3, 0.4) is 0 Å². The molecule has 8 fully saturated rings. The molecule has 7 heteroatoms. The summed E-state index contributed by atoms with van der Waals surface area (Å²) in [5.74, 6) is 4.46. The largest absolute Gasteiger partial charge is 0.353 e. The molecule has 5 saturated carbocycles. The molecule has 3 heterocycles. The van der Waals surface area contributed by atoms with Gasteiger partial charge >= 0.3 is 0 Å². The van der Waals surface area contributed by atoms with E-state index in [0.717, 1.165) is 63.1 Å². The molecule has 0 aromatic rings. The Bertz CT molecular complexity index is 1160. The van der Waals surface area contributed by atoms with Gasteiger partial charge in [-0.05, 0) is 131 Å². The molecule has 3 aliphatic heterocycles. The van der Waals surface area contributed by atoms with Crippen LogP contribution in [0.1, 0.15) is 105 Å². The Balaban J connectivity index is 0.891. The molecule has 7 nitrogen and oxygen atoms in total. The summed E-state index contributed by atoms with van der Waals surface area (Å²) in [6, 6.07) is 0.419. The molecule has 5 aliphatic carbocycles. The van der Waals surface area contributed by atoms with E-state index < -0.39 is 0 Å². The van der Waals surface area contributed by atoms with Crippen LogP contribution in [0.5, 0.6) is 0 Å². The number of nitrogens with one attached hydrogen (secondary N) is 2. The molecule has 2 amide bonds. The van der Waals surface area contributed by atoms with Crippen LogP contribution >= 0.6 is 0 Å². The zero-order chi connectivity index (χ0) is 29.9. The first-order valence-corrected chi connectivity index (χ1v) is 18.1. The lowest BCUT2D eigenvalue weighted by atomic mass is 9.44. The van der Waals surface area contributed by atoms with E-state index in [-0.39, 0.29) is 41.5 Å². The van der Waals surface area contributed by atoms with Gasteiger partial charge in [-0.3, -0.25) is 9.59 Å². The van der Waals surface area contributed by atoms with Crippen molar-refractivity contribution in [2.45, 2.75) is 129 Å². The Morgan fingerprint density at radius 2 is 1.56 bits per heavy atom. The minimum atomic E-state index is -0.264. The quantitative estimate of drug-likeness (QED) is 0.441. The Kier molecular flexibility index (Phi) is 6.74. The number of rotatable bonds is 4. The van der Waals surface area contributed by atoms with Gasteiger partial charge < -0.3 is 25.0 Å². The lowest BCUT2D eigenvalue weighted by Gasteiger charge is -2.61. The van der Waals surface area contributed by atoms with Crippen molar-refractivity contribution in [3.8, 4) is 0 Å². The van der Waals surface area contributed by atoms with Crippen LogP contribution in [0, 0.1) is 57.7 Å². The monoisotopic (exact) mass is 595 g/mol. The van der Waals surface area contributed by atoms with Gasteiger partial charge in [0.1, 0.15) is 6.42 Å². The van der Waals surface area contributed by atoms with Gasteiger partial charge in [-0.1, -0.05) is 27.7 Å². The van der Waals surface area contributed by atoms with E-state index in [1.165, 1.54) is 44.9 Å². The zero-order valence-electron chi connectivity index (χ0n) is 27.5. The maximum Gasteiger partial charge on any atom is 0.229 e. The molecule has 13 atom stereocenters. The topological polar surface area (TPSA) is 79.9 Å². The first-order valence-electron chi connectivity index (χ1n) is 18.1. The third kappa shape index (κ3) is 4.15. The summed E-state index contributed by atoms with van der Waals surface area (Å²) in [4.78, 5) is 27.8. The van der Waals surface area contributed by atoms with E-state index in [9.17, 15) is 9.59 Å². The van der Waals surface area contributed by atoms with Crippen LogP contribution in [0.2, 0.25) is 0 Å². The molecule has 2 N–H and O–H groups in total. The first-order chi connectivity index (χ1) is 20.5. The van der Waals surface area contributed by atoms with Crippen molar-refractivity contribution in [1.82, 2.24) is 15.5 Å². The Morgan fingerprint density at radius 1 is 0.837 bits per heavy atom. The van der Waals surface area contributed by atoms with E-state index in [4.69, 9.17) is 9.47 Å². The highest BCUT2D eigenvalue weighted by Gasteiger charge is 2.89. The molecule has 0 aromatic carbocycles. The predicted octanol–water partition coefficient (Wildman–Crippen LogP) is 5.13. The van der Waals surface area contributed by atoms with Gasteiger partial charge in [0.2, 0.25) is 11.8 Å². The van der Waals surface area contributed by atoms with E-state index >= 15 is 0 Å². The van der Waals surface area contributed by atoms with E-state index in [1.807, 2.05) is 0 Å². The predicted molar refractivity (Wildman–Crippen MR) is 165 cm³/mol. The van der Waals surface area contributed by atoms with Gasteiger partial charge in [-0.25, -0.2) is 0 Å². The minimum Gasteiger partial charge on any atom is -0.353 e. The van der Waals surface area contributed by atoms with Gasteiger partial charge in [0.25, 0.3) is 0 Å². The SMILES string of the molecule is C[C@@H]1CO[C@]23O[C@H]4C[C@H]5[C@@H]6CC[C@@H]7C[C@H](NC(=O)CC(=O)NC8CCN(C)CC8)CC[C@]7(C)[C@H]6CC[C@]5(C)[C@H]4[C@]2(C)C3C1. The fourth-order valence-electron chi connectivity index (χ4n) is 13.4. The summed E-state index contributed by atoms with van der Waals surface area (Å²) >= 11 is 0. The number of carbonyl (C=O) groups is 2. The summed E-state index contributed by atoms with van der Waals surface area (Å²) in [5, 5.41) is 6.40. The summed E-state index contributed by atoms with van der Waals surface area (Å²) < 4.78 is 13.6. The van der Waals surface area contributed by atoms with Gasteiger partial charge in [0.05, 0.1) is 12.7 Å². The molecule has 8 aliphatic rings. The van der Waals surface area contributed by atoms with Crippen LogP contribution in [0.4, 0.5) is 0 Å². The summed E-state index contributed by atoms with van der Waals surface area (Å²) in [6.07, 6.45) is 13.4. The molecule has 1 unspecified atom stereocenters. The summed E-state index contributed by atoms with van der Waals surface area (Å²) in [7, 11) is 2.12. The number of likely N-dealkylation sites (tertiary alicyclic amines) is 1. The van der Waals surface area contributed by atoms with Gasteiger partial charge in [0.15, 0.2) is 5.79 Å². The van der Waals surface area contributed by atoms with Crippen molar-refractivity contribution in [2.24, 2.45) is 57.7 Å². The minimum absolute atomic E-state index is 0.0366. The fourth-order valence-corrected chi connectivity index (χ4v) is 13.4. The standard InChI is InChI=1S/C36H57N3O4/c1-21-16-29-35(4)32-28(43-36(29,35)42-20-21)18-27-25-7-6-22-17-24(8-12-33(22,2)26(25)9-13-34(27,32)3)38-31(41)19-30(40)37-23-10-14-39(5)15-11-23/h21-29,32H,6-20H2,1-5H3,(H,37,40)(H,38,41)/t21-,22+,24+,25+,26-,27-,28-,29?,32-,33-,34-,35-,36+/m0/s1. The second-order valence-corrected chi connectivity index (χ2v) is 17.6. The third-order valence-corrected chi connectivity index (χ3v) is 15.5. The van der Waals surface area contributed by atoms with Crippen LogP contribution in [-0.4, -0.2) is 67.4 Å². The van der Waals surface area contributed by atoms with Gasteiger partial charge in [0, 0.05) is 29.3 Å². The number of piperidine rings is 1. The van der Waals surface area contributed by atoms with Crippen molar-refractivity contribution in [1.29, 1.82) is 0 Å². The maximum absolute atomic E-state index is 12.9. The van der Waals surface area contributed by atoms with Crippen LogP contribution in [-0.2, 0) is 19.1 Å². The summed E-state index contributed by atoms with van der Waals surface area (Å²) in [5.41, 5.74) is 0.948. The van der Waals surface area contributed by atoms with Crippen LogP contribution < -0.4 is 10.6 Å². The molecule has 3 saturated heterocycles. The van der Waals surface area contributed by atoms with Crippen molar-refractivity contribution in [2.75, 3.05) is 26.7 Å². The number of ether oxygens (including phenoxy) is 2. The Labute approximate surface area is 259 Å². The number of fused-ring (bicyclic) bond motifs is 9. The second kappa shape index (κ2) is 9.91. The lowest BCUT2D eigenvalue weighted by Crippen LogP contribution is -2.56. The van der Waals surface area contributed by atoms with Gasteiger partial charge in [-0.15, -0.1) is 0 Å². The fraction of sp³-hybridized carbons (Fsp3) is 0.944. The molecule has 0 aromatic heterocycles. The number of hydrogen-bond acceptors (Lipinski definition) is 5. The van der Waals surface area contributed by atoms with E-state index in [0.29, 0.717) is 40.6 Å². The average molecular weight is 596 g/mol. The number of carbonyl (C=O) groups excluding carboxylic acids is 2. The zero-order valence-corrected chi connectivity index (χ0v) is 27.5. The maximum atomic E-state index is 12.9. The normalized spacial score (nSPS) is 53.8. The third-order valence-electron chi connectivity index (χ3n) is 15.5. The molecule has 8 rings (SSSR count). The van der Waals surface area contributed by atoms with E-state index in [1.54, 1.807) is 0 Å². The van der Waals surface area contributed by atoms with Gasteiger partial charge in [-0.2, -0.15) is 0 Å². The highest BCUT2D eigenvalue weighted by molar-refractivity contribution is 5.97. The van der Waals surface area contributed by atoms with Crippen LogP contribution in [0.15, 0.2) is 0 Å².